The van der Waals surface area contributed by atoms with Gasteiger partial charge in [0.15, 0.2) is 5.78 Å². The van der Waals surface area contributed by atoms with E-state index in [1.807, 2.05) is 0 Å². The number of Topliss-reactive ketones (excluding diaryl/α,β-unsaturated/α-hetero) is 1. The molecule has 76 valence electrons. The van der Waals surface area contributed by atoms with Gasteiger partial charge in [0.1, 0.15) is 5.82 Å². The first-order valence-electron chi connectivity index (χ1n) is 4.19. The molecule has 2 N–H and O–H groups in total. The van der Waals surface area contributed by atoms with Crippen molar-refractivity contribution in [2.45, 2.75) is 19.9 Å². The lowest BCUT2D eigenvalue weighted by molar-refractivity contribution is 0.0967. The van der Waals surface area contributed by atoms with Gasteiger partial charge in [-0.25, -0.2) is 4.39 Å². The van der Waals surface area contributed by atoms with Crippen LogP contribution in [0.25, 0.3) is 0 Å². The normalized spacial score (nSPS) is 12.6. The Labute approximate surface area is 86.9 Å². The molecule has 0 aliphatic rings. The van der Waals surface area contributed by atoms with Gasteiger partial charge in [-0.1, -0.05) is 11.6 Å². The molecule has 0 fully saturated rings. The fraction of sp³-hybridized carbons (Fsp3) is 0.300. The molecule has 2 nitrogen and oxygen atoms in total. The van der Waals surface area contributed by atoms with Crippen LogP contribution < -0.4 is 5.73 Å². The Balaban J connectivity index is 3.22. The fourth-order valence-corrected chi connectivity index (χ4v) is 1.38. The van der Waals surface area contributed by atoms with Crippen LogP contribution >= 0.6 is 11.6 Å². The molecule has 0 heterocycles. The molecule has 0 saturated carbocycles. The van der Waals surface area contributed by atoms with Gasteiger partial charge in [0.2, 0.25) is 0 Å². The number of benzene rings is 1. The zero-order valence-electron chi connectivity index (χ0n) is 7.97. The van der Waals surface area contributed by atoms with E-state index in [1.54, 1.807) is 13.8 Å². The minimum absolute atomic E-state index is 0.0173. The minimum atomic E-state index is -0.630. The highest BCUT2D eigenvalue weighted by Crippen LogP contribution is 2.20. The monoisotopic (exact) mass is 215 g/mol. The van der Waals surface area contributed by atoms with Gasteiger partial charge in [0.05, 0.1) is 11.1 Å². The van der Waals surface area contributed by atoms with Crippen molar-refractivity contribution in [3.8, 4) is 0 Å². The second-order valence-corrected chi connectivity index (χ2v) is 3.64. The van der Waals surface area contributed by atoms with E-state index in [0.717, 1.165) is 6.07 Å². The second-order valence-electron chi connectivity index (χ2n) is 3.23. The van der Waals surface area contributed by atoms with Gasteiger partial charge in [-0.15, -0.1) is 0 Å². The van der Waals surface area contributed by atoms with Crippen LogP contribution in [0, 0.1) is 12.7 Å². The number of rotatable bonds is 2. The fourth-order valence-electron chi connectivity index (χ4n) is 1.16. The summed E-state index contributed by atoms with van der Waals surface area (Å²) >= 11 is 5.55. The van der Waals surface area contributed by atoms with Crippen molar-refractivity contribution >= 4 is 17.4 Å². The molecule has 1 unspecified atom stereocenters. The molecule has 1 rings (SSSR count). The summed E-state index contributed by atoms with van der Waals surface area (Å²) < 4.78 is 13.1. The van der Waals surface area contributed by atoms with Crippen molar-refractivity contribution < 1.29 is 9.18 Å². The molecule has 0 aromatic heterocycles. The minimum Gasteiger partial charge on any atom is -0.321 e. The molecule has 0 aliphatic heterocycles. The topological polar surface area (TPSA) is 43.1 Å². The van der Waals surface area contributed by atoms with Crippen molar-refractivity contribution in [1.82, 2.24) is 0 Å². The summed E-state index contributed by atoms with van der Waals surface area (Å²) in [5, 5.41) is 0.0173. The first-order chi connectivity index (χ1) is 6.43. The predicted molar refractivity (Wildman–Crippen MR) is 54.1 cm³/mol. The summed E-state index contributed by atoms with van der Waals surface area (Å²) in [4.78, 5) is 11.5. The maximum Gasteiger partial charge on any atom is 0.179 e. The molecule has 4 heteroatoms. The SMILES string of the molecule is Cc1cc(Cl)c(F)cc1C(=O)C(C)N. The Bertz CT molecular complexity index is 377. The molecule has 0 spiro atoms. The maximum absolute atomic E-state index is 13.1. The van der Waals surface area contributed by atoms with E-state index >= 15 is 0 Å². The zero-order valence-corrected chi connectivity index (χ0v) is 8.73. The van der Waals surface area contributed by atoms with E-state index in [-0.39, 0.29) is 10.8 Å². The van der Waals surface area contributed by atoms with Gasteiger partial charge in [-0.2, -0.15) is 0 Å². The summed E-state index contributed by atoms with van der Waals surface area (Å²) in [5.41, 5.74) is 6.35. The highest BCUT2D eigenvalue weighted by molar-refractivity contribution is 6.31. The molecule has 1 aromatic carbocycles. The van der Waals surface area contributed by atoms with Gasteiger partial charge in [0, 0.05) is 5.56 Å². The Kier molecular flexibility index (Phi) is 3.24. The largest absolute Gasteiger partial charge is 0.321 e. The molecule has 0 bridgehead atoms. The smallest absolute Gasteiger partial charge is 0.179 e. The molecular formula is C10H11ClFNO. The van der Waals surface area contributed by atoms with Crippen LogP contribution in [0.4, 0.5) is 4.39 Å². The Hall–Kier alpha value is -0.930. The summed E-state index contributed by atoms with van der Waals surface area (Å²) in [6.07, 6.45) is 0. The van der Waals surface area contributed by atoms with Crippen molar-refractivity contribution in [3.63, 3.8) is 0 Å². The van der Waals surface area contributed by atoms with Crippen LogP contribution in [-0.2, 0) is 0 Å². The molecular weight excluding hydrogens is 205 g/mol. The number of carbonyl (C=O) groups excluding carboxylic acids is 1. The van der Waals surface area contributed by atoms with Gasteiger partial charge in [-0.05, 0) is 31.5 Å². The highest BCUT2D eigenvalue weighted by Gasteiger charge is 2.15. The van der Waals surface area contributed by atoms with E-state index in [2.05, 4.69) is 0 Å². The summed E-state index contributed by atoms with van der Waals surface area (Å²) in [6, 6.07) is 1.92. The average molecular weight is 216 g/mol. The summed E-state index contributed by atoms with van der Waals surface area (Å²) in [7, 11) is 0. The third-order valence-electron chi connectivity index (χ3n) is 1.95. The van der Waals surface area contributed by atoms with Crippen LogP contribution in [0.15, 0.2) is 12.1 Å². The molecule has 0 radical (unpaired) electrons. The van der Waals surface area contributed by atoms with Gasteiger partial charge < -0.3 is 5.73 Å². The zero-order chi connectivity index (χ0) is 10.9. The van der Waals surface area contributed by atoms with E-state index < -0.39 is 11.9 Å². The first kappa shape index (κ1) is 11.1. The summed E-state index contributed by atoms with van der Waals surface area (Å²) in [6.45, 7) is 3.26. The van der Waals surface area contributed by atoms with E-state index in [4.69, 9.17) is 17.3 Å². The number of hydrogen-bond acceptors (Lipinski definition) is 2. The molecule has 1 aromatic rings. The number of hydrogen-bond donors (Lipinski definition) is 1. The lowest BCUT2D eigenvalue weighted by atomic mass is 10.0. The Morgan fingerprint density at radius 1 is 1.57 bits per heavy atom. The second kappa shape index (κ2) is 4.07. The first-order valence-corrected chi connectivity index (χ1v) is 4.56. The third kappa shape index (κ3) is 2.11. The quantitative estimate of drug-likeness (QED) is 0.770. The van der Waals surface area contributed by atoms with Crippen LogP contribution in [0.5, 0.6) is 0 Å². The third-order valence-corrected chi connectivity index (χ3v) is 2.24. The van der Waals surface area contributed by atoms with Crippen LogP contribution in [0.2, 0.25) is 5.02 Å². The lowest BCUT2D eigenvalue weighted by Gasteiger charge is -2.08. The number of nitrogens with two attached hydrogens (primary N) is 1. The van der Waals surface area contributed by atoms with E-state index in [1.165, 1.54) is 6.07 Å². The molecule has 0 saturated heterocycles. The van der Waals surface area contributed by atoms with E-state index in [9.17, 15) is 9.18 Å². The van der Waals surface area contributed by atoms with Crippen LogP contribution in [-0.4, -0.2) is 11.8 Å². The van der Waals surface area contributed by atoms with Crippen LogP contribution in [0.1, 0.15) is 22.8 Å². The van der Waals surface area contributed by atoms with Crippen molar-refractivity contribution in [3.05, 3.63) is 34.1 Å². The Morgan fingerprint density at radius 2 is 2.14 bits per heavy atom. The van der Waals surface area contributed by atoms with Crippen molar-refractivity contribution in [2.24, 2.45) is 5.73 Å². The van der Waals surface area contributed by atoms with Crippen molar-refractivity contribution in [2.75, 3.05) is 0 Å². The molecule has 0 amide bonds. The van der Waals surface area contributed by atoms with Crippen LogP contribution in [0.3, 0.4) is 0 Å². The predicted octanol–water partition coefficient (Wildman–Crippen LogP) is 2.32. The Morgan fingerprint density at radius 3 is 2.64 bits per heavy atom. The van der Waals surface area contributed by atoms with Crippen molar-refractivity contribution in [1.29, 1.82) is 0 Å². The number of halogens is 2. The van der Waals surface area contributed by atoms with Gasteiger partial charge in [-0.3, -0.25) is 4.79 Å². The highest BCUT2D eigenvalue weighted by atomic mass is 35.5. The van der Waals surface area contributed by atoms with Gasteiger partial charge >= 0.3 is 0 Å². The number of ketones is 1. The number of aryl methyl sites for hydroxylation is 1. The molecule has 0 aliphatic carbocycles. The maximum atomic E-state index is 13.1. The average Bonchev–Trinajstić information content (AvgIpc) is 2.10. The van der Waals surface area contributed by atoms with Gasteiger partial charge in [0.25, 0.3) is 0 Å². The lowest BCUT2D eigenvalue weighted by Crippen LogP contribution is -2.27. The molecule has 1 atom stereocenters. The standard InChI is InChI=1S/C10H11ClFNO/c1-5-3-8(11)9(12)4-7(5)10(14)6(2)13/h3-4,6H,13H2,1-2H3. The number of carbonyl (C=O) groups is 1. The van der Waals surface area contributed by atoms with E-state index in [0.29, 0.717) is 11.1 Å². The molecule has 14 heavy (non-hydrogen) atoms. The summed E-state index contributed by atoms with van der Waals surface area (Å²) in [5.74, 6) is -0.876.